The van der Waals surface area contributed by atoms with E-state index in [0.29, 0.717) is 0 Å². The van der Waals surface area contributed by atoms with Gasteiger partial charge in [-0.3, -0.25) is 0 Å². The van der Waals surface area contributed by atoms with Gasteiger partial charge in [0.2, 0.25) is 0 Å². The van der Waals surface area contributed by atoms with Crippen LogP contribution in [-0.4, -0.2) is 25.0 Å². The number of hydrogen-bond acceptors (Lipinski definition) is 1. The molecule has 0 aromatic heterocycles. The van der Waals surface area contributed by atoms with Gasteiger partial charge in [-0.15, -0.1) is 0 Å². The first kappa shape index (κ1) is 11.7. The highest BCUT2D eigenvalue weighted by Crippen LogP contribution is 2.17. The van der Waals surface area contributed by atoms with Gasteiger partial charge < -0.3 is 4.90 Å². The summed E-state index contributed by atoms with van der Waals surface area (Å²) in [6.07, 6.45) is 3.64. The van der Waals surface area contributed by atoms with E-state index in [0.717, 1.165) is 12.5 Å². The van der Waals surface area contributed by atoms with Crippen molar-refractivity contribution < 1.29 is 0 Å². The Bertz CT molecular complexity index is 136. The van der Waals surface area contributed by atoms with Crippen molar-refractivity contribution >= 4 is 0 Å². The van der Waals surface area contributed by atoms with Gasteiger partial charge in [-0.2, -0.15) is 0 Å². The number of hydrogen-bond donors (Lipinski definition) is 0. The summed E-state index contributed by atoms with van der Waals surface area (Å²) in [5.74, 6) is 0.758. The molecule has 0 bridgehead atoms. The van der Waals surface area contributed by atoms with Crippen LogP contribution in [0.3, 0.4) is 0 Å². The molecule has 0 saturated carbocycles. The van der Waals surface area contributed by atoms with Crippen LogP contribution in [0.25, 0.3) is 0 Å². The fourth-order valence-electron chi connectivity index (χ4n) is 1.31. The van der Waals surface area contributed by atoms with E-state index in [4.69, 9.17) is 0 Å². The predicted molar refractivity (Wildman–Crippen MR) is 56.4 cm³/mol. The molecule has 0 aliphatic carbocycles. The SMILES string of the molecule is CC.CC(C)C1=CCN(C)CC1. The Kier molecular flexibility index (Phi) is 6.09. The molecule has 1 aliphatic heterocycles. The van der Waals surface area contributed by atoms with E-state index in [2.05, 4.69) is 31.9 Å². The van der Waals surface area contributed by atoms with Gasteiger partial charge in [-0.1, -0.05) is 39.3 Å². The van der Waals surface area contributed by atoms with Crippen molar-refractivity contribution in [1.82, 2.24) is 4.90 Å². The molecule has 72 valence electrons. The van der Waals surface area contributed by atoms with E-state index in [9.17, 15) is 0 Å². The second-order valence-electron chi connectivity index (χ2n) is 3.45. The summed E-state index contributed by atoms with van der Waals surface area (Å²) in [5.41, 5.74) is 1.64. The molecule has 1 rings (SSSR count). The van der Waals surface area contributed by atoms with Crippen LogP contribution in [0.5, 0.6) is 0 Å². The third kappa shape index (κ3) is 3.91. The van der Waals surface area contributed by atoms with E-state index in [1.807, 2.05) is 13.8 Å². The Morgan fingerprint density at radius 1 is 1.33 bits per heavy atom. The molecule has 0 fully saturated rings. The van der Waals surface area contributed by atoms with Crippen LogP contribution in [0.2, 0.25) is 0 Å². The Morgan fingerprint density at radius 2 is 1.92 bits per heavy atom. The first-order valence-corrected chi connectivity index (χ1v) is 5.07. The Hall–Kier alpha value is -0.300. The smallest absolute Gasteiger partial charge is 0.0163 e. The molecular formula is C11H23N. The van der Waals surface area contributed by atoms with Crippen LogP contribution < -0.4 is 0 Å². The van der Waals surface area contributed by atoms with Crippen molar-refractivity contribution in [2.45, 2.75) is 34.1 Å². The number of rotatable bonds is 1. The third-order valence-electron chi connectivity index (χ3n) is 2.19. The minimum absolute atomic E-state index is 0.758. The molecule has 0 N–H and O–H groups in total. The van der Waals surface area contributed by atoms with Gasteiger partial charge in [0.25, 0.3) is 0 Å². The average molecular weight is 169 g/mol. The lowest BCUT2D eigenvalue weighted by Crippen LogP contribution is -2.25. The Morgan fingerprint density at radius 3 is 2.25 bits per heavy atom. The second-order valence-corrected chi connectivity index (χ2v) is 3.45. The zero-order valence-electron chi connectivity index (χ0n) is 9.22. The summed E-state index contributed by atoms with van der Waals surface area (Å²) in [7, 11) is 2.17. The lowest BCUT2D eigenvalue weighted by molar-refractivity contribution is 0.351. The van der Waals surface area contributed by atoms with Crippen molar-refractivity contribution in [2.24, 2.45) is 5.92 Å². The fourth-order valence-corrected chi connectivity index (χ4v) is 1.31. The van der Waals surface area contributed by atoms with Crippen molar-refractivity contribution in [1.29, 1.82) is 0 Å². The predicted octanol–water partition coefficient (Wildman–Crippen LogP) is 2.93. The quantitative estimate of drug-likeness (QED) is 0.545. The van der Waals surface area contributed by atoms with Crippen LogP contribution in [0, 0.1) is 5.92 Å². The van der Waals surface area contributed by atoms with Crippen molar-refractivity contribution in [3.8, 4) is 0 Å². The molecule has 0 unspecified atom stereocenters. The van der Waals surface area contributed by atoms with Crippen LogP contribution in [-0.2, 0) is 0 Å². The zero-order chi connectivity index (χ0) is 9.56. The number of nitrogens with zero attached hydrogens (tertiary/aromatic N) is 1. The van der Waals surface area contributed by atoms with E-state index < -0.39 is 0 Å². The van der Waals surface area contributed by atoms with Gasteiger partial charge in [0.05, 0.1) is 0 Å². The van der Waals surface area contributed by atoms with Gasteiger partial charge in [-0.25, -0.2) is 0 Å². The van der Waals surface area contributed by atoms with Crippen molar-refractivity contribution in [3.05, 3.63) is 11.6 Å². The molecule has 0 atom stereocenters. The maximum Gasteiger partial charge on any atom is 0.0163 e. The van der Waals surface area contributed by atoms with E-state index >= 15 is 0 Å². The molecule has 1 nitrogen and oxygen atoms in total. The standard InChI is InChI=1S/C9H17N.C2H6/c1-8(2)9-4-6-10(3)7-5-9;1-2/h4,8H,5-7H2,1-3H3;1-2H3. The first-order valence-electron chi connectivity index (χ1n) is 5.07. The third-order valence-corrected chi connectivity index (χ3v) is 2.19. The topological polar surface area (TPSA) is 3.24 Å². The molecular weight excluding hydrogens is 146 g/mol. The molecule has 0 amide bonds. The first-order chi connectivity index (χ1) is 5.70. The minimum atomic E-state index is 0.758. The van der Waals surface area contributed by atoms with Gasteiger partial charge >= 0.3 is 0 Å². The minimum Gasteiger partial charge on any atom is -0.302 e. The van der Waals surface area contributed by atoms with Crippen molar-refractivity contribution in [3.63, 3.8) is 0 Å². The van der Waals surface area contributed by atoms with Gasteiger partial charge in [0.1, 0.15) is 0 Å². The zero-order valence-corrected chi connectivity index (χ0v) is 9.22. The van der Waals surface area contributed by atoms with Crippen LogP contribution >= 0.6 is 0 Å². The molecule has 0 saturated heterocycles. The van der Waals surface area contributed by atoms with E-state index in [-0.39, 0.29) is 0 Å². The van der Waals surface area contributed by atoms with Gasteiger partial charge in [0, 0.05) is 13.1 Å². The lowest BCUT2D eigenvalue weighted by Gasteiger charge is -2.23. The average Bonchev–Trinajstić information content (AvgIpc) is 2.09. The summed E-state index contributed by atoms with van der Waals surface area (Å²) in [5, 5.41) is 0. The van der Waals surface area contributed by atoms with E-state index in [1.54, 1.807) is 5.57 Å². The molecule has 1 aliphatic rings. The van der Waals surface area contributed by atoms with Crippen LogP contribution in [0.15, 0.2) is 11.6 Å². The fraction of sp³-hybridized carbons (Fsp3) is 0.818. The number of likely N-dealkylation sites (N-methyl/N-ethyl adjacent to an activating group) is 1. The van der Waals surface area contributed by atoms with Gasteiger partial charge in [-0.05, 0) is 19.4 Å². The normalized spacial score (nSPS) is 18.3. The Labute approximate surface area is 77.5 Å². The summed E-state index contributed by atoms with van der Waals surface area (Å²) < 4.78 is 0. The highest BCUT2D eigenvalue weighted by atomic mass is 15.1. The van der Waals surface area contributed by atoms with E-state index in [1.165, 1.54) is 13.0 Å². The Balaban J connectivity index is 0.000000561. The summed E-state index contributed by atoms with van der Waals surface area (Å²) in [6, 6.07) is 0. The summed E-state index contributed by atoms with van der Waals surface area (Å²) in [4.78, 5) is 2.35. The molecule has 12 heavy (non-hydrogen) atoms. The largest absolute Gasteiger partial charge is 0.302 e. The highest BCUT2D eigenvalue weighted by molar-refractivity contribution is 5.08. The van der Waals surface area contributed by atoms with Crippen LogP contribution in [0.4, 0.5) is 0 Å². The lowest BCUT2D eigenvalue weighted by atomic mass is 9.97. The molecule has 0 aromatic carbocycles. The molecule has 1 heteroatoms. The monoisotopic (exact) mass is 169 g/mol. The molecule has 1 heterocycles. The maximum absolute atomic E-state index is 2.37. The highest BCUT2D eigenvalue weighted by Gasteiger charge is 2.09. The van der Waals surface area contributed by atoms with Crippen molar-refractivity contribution in [2.75, 3.05) is 20.1 Å². The van der Waals surface area contributed by atoms with Gasteiger partial charge in [0.15, 0.2) is 0 Å². The van der Waals surface area contributed by atoms with Crippen LogP contribution in [0.1, 0.15) is 34.1 Å². The maximum atomic E-state index is 2.37. The summed E-state index contributed by atoms with van der Waals surface area (Å²) >= 11 is 0. The molecule has 0 aromatic rings. The summed E-state index contributed by atoms with van der Waals surface area (Å²) in [6.45, 7) is 10.9. The molecule has 0 spiro atoms. The molecule has 0 radical (unpaired) electrons. The second kappa shape index (κ2) is 6.24.